The quantitative estimate of drug-likeness (QED) is 0.744. The molecule has 1 N–H and O–H groups in total. The third-order valence-electron chi connectivity index (χ3n) is 4.05. The smallest absolute Gasteiger partial charge is 0.341 e. The van der Waals surface area contributed by atoms with Gasteiger partial charge in [-0.2, -0.15) is 0 Å². The molecule has 1 amide bonds. The molecule has 1 aliphatic heterocycles. The van der Waals surface area contributed by atoms with E-state index in [1.165, 1.54) is 6.07 Å². The lowest BCUT2D eigenvalue weighted by Gasteiger charge is -2.19. The van der Waals surface area contributed by atoms with E-state index in [9.17, 15) is 9.59 Å². The molecule has 2 aromatic rings. The molecule has 1 aliphatic rings. The number of nitrogens with zero attached hydrogens (tertiary/aromatic N) is 1. The first-order chi connectivity index (χ1) is 13.5. The molecule has 0 saturated heterocycles. The van der Waals surface area contributed by atoms with Crippen LogP contribution in [-0.2, 0) is 11.3 Å². The molecule has 8 nitrogen and oxygen atoms in total. The van der Waals surface area contributed by atoms with Crippen LogP contribution in [0, 0.1) is 0 Å². The first kappa shape index (κ1) is 19.3. The number of amides is 1. The predicted octanol–water partition coefficient (Wildman–Crippen LogP) is 2.55. The van der Waals surface area contributed by atoms with E-state index in [1.54, 1.807) is 31.0 Å². The Morgan fingerprint density at radius 3 is 2.61 bits per heavy atom. The Morgan fingerprint density at radius 1 is 1.07 bits per heavy atom. The molecule has 8 heteroatoms. The summed E-state index contributed by atoms with van der Waals surface area (Å²) in [5.74, 6) is 0.660. The molecule has 0 spiro atoms. The molecular weight excluding hydrogens is 366 g/mol. The van der Waals surface area contributed by atoms with Crippen LogP contribution >= 0.6 is 0 Å². The number of carbonyl (C=O) groups is 2. The molecule has 0 bridgehead atoms. The summed E-state index contributed by atoms with van der Waals surface area (Å²) in [6.45, 7) is 2.24. The Hall–Kier alpha value is -3.42. The second-order valence-corrected chi connectivity index (χ2v) is 6.13. The largest absolute Gasteiger partial charge is 0.490 e. The van der Waals surface area contributed by atoms with Gasteiger partial charge >= 0.3 is 5.97 Å². The number of ether oxygens (including phenoxy) is 4. The molecule has 3 rings (SSSR count). The zero-order valence-corrected chi connectivity index (χ0v) is 15.6. The third-order valence-corrected chi connectivity index (χ3v) is 4.05. The normalized spacial score (nSPS) is 11.8. The summed E-state index contributed by atoms with van der Waals surface area (Å²) in [6.07, 6.45) is 0. The molecular formula is C20H21NO7. The standard InChI is InChI=1S/C20H21NO7/c1-3-25-18-9-14(5-7-15(18)26-11-19(22)23)20(24)21(2)10-13-4-6-16-17(8-13)28-12-27-16/h4-9H,3,10-12H2,1-2H3,(H,22,23). The summed E-state index contributed by atoms with van der Waals surface area (Å²) >= 11 is 0. The summed E-state index contributed by atoms with van der Waals surface area (Å²) < 4.78 is 21.4. The Labute approximate surface area is 162 Å². The monoisotopic (exact) mass is 387 g/mol. The number of fused-ring (bicyclic) bond motifs is 1. The first-order valence-electron chi connectivity index (χ1n) is 8.73. The van der Waals surface area contributed by atoms with Gasteiger partial charge in [0.2, 0.25) is 6.79 Å². The van der Waals surface area contributed by atoms with Crippen LogP contribution in [0.4, 0.5) is 0 Å². The maximum absolute atomic E-state index is 12.8. The summed E-state index contributed by atoms with van der Waals surface area (Å²) in [5, 5.41) is 8.77. The molecule has 0 aromatic heterocycles. The van der Waals surface area contributed by atoms with Crippen molar-refractivity contribution in [3.63, 3.8) is 0 Å². The number of hydrogen-bond acceptors (Lipinski definition) is 6. The van der Waals surface area contributed by atoms with Crippen LogP contribution < -0.4 is 18.9 Å². The van der Waals surface area contributed by atoms with Crippen molar-refractivity contribution < 1.29 is 33.6 Å². The third kappa shape index (κ3) is 4.46. The fourth-order valence-corrected chi connectivity index (χ4v) is 2.77. The van der Waals surface area contributed by atoms with Crippen molar-refractivity contribution in [3.05, 3.63) is 47.5 Å². The van der Waals surface area contributed by atoms with Crippen molar-refractivity contribution in [3.8, 4) is 23.0 Å². The van der Waals surface area contributed by atoms with Gasteiger partial charge in [0.15, 0.2) is 29.6 Å². The fourth-order valence-electron chi connectivity index (χ4n) is 2.77. The Balaban J connectivity index is 1.73. The van der Waals surface area contributed by atoms with Crippen LogP contribution in [0.5, 0.6) is 23.0 Å². The zero-order valence-electron chi connectivity index (χ0n) is 15.6. The van der Waals surface area contributed by atoms with Crippen molar-refractivity contribution in [1.29, 1.82) is 0 Å². The van der Waals surface area contributed by atoms with Crippen molar-refractivity contribution in [2.75, 3.05) is 27.1 Å². The molecule has 2 aromatic carbocycles. The van der Waals surface area contributed by atoms with Crippen LogP contribution in [0.15, 0.2) is 36.4 Å². The summed E-state index contributed by atoms with van der Waals surface area (Å²) in [4.78, 5) is 25.1. The van der Waals surface area contributed by atoms with E-state index in [4.69, 9.17) is 24.1 Å². The number of carboxylic acids is 1. The van der Waals surface area contributed by atoms with E-state index in [2.05, 4.69) is 0 Å². The van der Waals surface area contributed by atoms with Gasteiger partial charge in [0.25, 0.3) is 5.91 Å². The first-order valence-corrected chi connectivity index (χ1v) is 8.73. The molecule has 0 radical (unpaired) electrons. The highest BCUT2D eigenvalue weighted by molar-refractivity contribution is 5.94. The van der Waals surface area contributed by atoms with Crippen molar-refractivity contribution in [2.24, 2.45) is 0 Å². The van der Waals surface area contributed by atoms with E-state index < -0.39 is 12.6 Å². The minimum Gasteiger partial charge on any atom is -0.490 e. The van der Waals surface area contributed by atoms with E-state index >= 15 is 0 Å². The number of carbonyl (C=O) groups excluding carboxylic acids is 1. The molecule has 0 aliphatic carbocycles. The summed E-state index contributed by atoms with van der Waals surface area (Å²) in [5.41, 5.74) is 1.32. The Morgan fingerprint density at radius 2 is 1.86 bits per heavy atom. The maximum Gasteiger partial charge on any atom is 0.341 e. The number of carboxylic acid groups (broad SMARTS) is 1. The van der Waals surface area contributed by atoms with Gasteiger partial charge in [-0.1, -0.05) is 6.07 Å². The van der Waals surface area contributed by atoms with Gasteiger partial charge in [0.1, 0.15) is 0 Å². The Bertz CT molecular complexity index is 881. The lowest BCUT2D eigenvalue weighted by atomic mass is 10.1. The topological polar surface area (TPSA) is 94.5 Å². The van der Waals surface area contributed by atoms with Crippen LogP contribution in [-0.4, -0.2) is 48.9 Å². The number of hydrogen-bond donors (Lipinski definition) is 1. The minimum atomic E-state index is -1.09. The second kappa shape index (κ2) is 8.51. The average molecular weight is 387 g/mol. The van der Waals surface area contributed by atoms with Gasteiger partial charge in [-0.3, -0.25) is 4.79 Å². The predicted molar refractivity (Wildman–Crippen MR) is 99.1 cm³/mol. The van der Waals surface area contributed by atoms with Crippen molar-refractivity contribution in [2.45, 2.75) is 13.5 Å². The van der Waals surface area contributed by atoms with E-state index in [1.807, 2.05) is 18.2 Å². The van der Waals surface area contributed by atoms with Crippen LogP contribution in [0.2, 0.25) is 0 Å². The van der Waals surface area contributed by atoms with Gasteiger partial charge < -0.3 is 29.0 Å². The average Bonchev–Trinajstić information content (AvgIpc) is 3.14. The maximum atomic E-state index is 12.8. The van der Waals surface area contributed by atoms with Crippen molar-refractivity contribution >= 4 is 11.9 Å². The molecule has 28 heavy (non-hydrogen) atoms. The number of benzene rings is 2. The molecule has 1 heterocycles. The zero-order chi connectivity index (χ0) is 20.1. The number of aliphatic carboxylic acids is 1. The lowest BCUT2D eigenvalue weighted by molar-refractivity contribution is -0.139. The molecule has 0 fully saturated rings. The fraction of sp³-hybridized carbons (Fsp3) is 0.300. The highest BCUT2D eigenvalue weighted by Gasteiger charge is 2.18. The van der Waals surface area contributed by atoms with Gasteiger partial charge in [-0.15, -0.1) is 0 Å². The molecule has 0 saturated carbocycles. The van der Waals surface area contributed by atoms with Gasteiger partial charge in [0.05, 0.1) is 6.61 Å². The molecule has 0 unspecified atom stereocenters. The van der Waals surface area contributed by atoms with Crippen LogP contribution in [0.1, 0.15) is 22.8 Å². The van der Waals surface area contributed by atoms with Gasteiger partial charge in [0, 0.05) is 19.2 Å². The SMILES string of the molecule is CCOc1cc(C(=O)N(C)Cc2ccc3c(c2)OCO3)ccc1OCC(=O)O. The second-order valence-electron chi connectivity index (χ2n) is 6.13. The Kier molecular flexibility index (Phi) is 5.88. The molecule has 0 atom stereocenters. The van der Waals surface area contributed by atoms with E-state index in [0.29, 0.717) is 36.0 Å². The van der Waals surface area contributed by atoms with E-state index in [-0.39, 0.29) is 18.4 Å². The highest BCUT2D eigenvalue weighted by Crippen LogP contribution is 2.33. The minimum absolute atomic E-state index is 0.198. The summed E-state index contributed by atoms with van der Waals surface area (Å²) in [6, 6.07) is 10.2. The van der Waals surface area contributed by atoms with E-state index in [0.717, 1.165) is 5.56 Å². The van der Waals surface area contributed by atoms with Crippen LogP contribution in [0.25, 0.3) is 0 Å². The summed E-state index contributed by atoms with van der Waals surface area (Å²) in [7, 11) is 1.70. The number of rotatable bonds is 8. The van der Waals surface area contributed by atoms with Gasteiger partial charge in [-0.05, 0) is 42.8 Å². The van der Waals surface area contributed by atoms with Gasteiger partial charge in [-0.25, -0.2) is 4.79 Å². The van der Waals surface area contributed by atoms with Crippen LogP contribution in [0.3, 0.4) is 0 Å². The lowest BCUT2D eigenvalue weighted by Crippen LogP contribution is -2.26. The molecule has 148 valence electrons. The highest BCUT2D eigenvalue weighted by atomic mass is 16.7. The van der Waals surface area contributed by atoms with Crippen molar-refractivity contribution in [1.82, 2.24) is 4.90 Å².